The maximum atomic E-state index is 15.8. The highest BCUT2D eigenvalue weighted by Gasteiger charge is 2.36. The van der Waals surface area contributed by atoms with E-state index in [2.05, 4.69) is 10.6 Å². The molecule has 48 heavy (non-hydrogen) atoms. The van der Waals surface area contributed by atoms with Gasteiger partial charge >= 0.3 is 6.18 Å². The Morgan fingerprint density at radius 1 is 0.833 bits per heavy atom. The lowest BCUT2D eigenvalue weighted by molar-refractivity contribution is -0.138. The Hall–Kier alpha value is -4.13. The zero-order valence-electron chi connectivity index (χ0n) is 27.8. The smallest absolute Gasteiger partial charge is 0.367 e. The second-order valence-electron chi connectivity index (χ2n) is 14.1. The van der Waals surface area contributed by atoms with Crippen molar-refractivity contribution in [3.63, 3.8) is 0 Å². The summed E-state index contributed by atoms with van der Waals surface area (Å²) >= 11 is 0. The summed E-state index contributed by atoms with van der Waals surface area (Å²) in [4.78, 5) is 30.0. The van der Waals surface area contributed by atoms with E-state index in [9.17, 15) is 27.2 Å². The number of hydrogen-bond acceptors (Lipinski definition) is 4. The molecule has 0 bridgehead atoms. The van der Waals surface area contributed by atoms with Crippen molar-refractivity contribution in [3.8, 4) is 11.1 Å². The molecule has 0 aliphatic carbocycles. The molecule has 0 aromatic heterocycles. The third-order valence-corrected chi connectivity index (χ3v) is 8.21. The first-order chi connectivity index (χ1) is 22.1. The minimum absolute atomic E-state index is 0.0300. The van der Waals surface area contributed by atoms with Crippen molar-refractivity contribution in [2.24, 2.45) is 5.41 Å². The van der Waals surface area contributed by atoms with Crippen LogP contribution in [0.5, 0.6) is 0 Å². The van der Waals surface area contributed by atoms with Gasteiger partial charge in [-0.3, -0.25) is 9.59 Å². The van der Waals surface area contributed by atoms with Crippen LogP contribution in [0.1, 0.15) is 74.2 Å². The first-order valence-corrected chi connectivity index (χ1v) is 15.4. The van der Waals surface area contributed by atoms with Crippen LogP contribution >= 0.6 is 0 Å². The van der Waals surface area contributed by atoms with Crippen LogP contribution in [0.3, 0.4) is 0 Å². The number of rotatable bonds is 7. The molecule has 4 rings (SSSR count). The van der Waals surface area contributed by atoms with E-state index in [4.69, 9.17) is 0 Å². The average molecular weight is 681 g/mol. The van der Waals surface area contributed by atoms with Crippen LogP contribution in [0.4, 0.5) is 42.1 Å². The van der Waals surface area contributed by atoms with E-state index >= 15 is 13.2 Å². The number of carbonyl (C=O) groups excluding carboxylic acids is 2. The van der Waals surface area contributed by atoms with Gasteiger partial charge in [0.1, 0.15) is 11.6 Å². The lowest BCUT2D eigenvalue weighted by Crippen LogP contribution is -2.50. The maximum absolute atomic E-state index is 15.8. The van der Waals surface area contributed by atoms with Crippen LogP contribution in [0, 0.1) is 28.7 Å². The van der Waals surface area contributed by atoms with Gasteiger partial charge < -0.3 is 20.4 Å². The Morgan fingerprint density at radius 2 is 1.48 bits per heavy atom. The van der Waals surface area contributed by atoms with Gasteiger partial charge in [-0.15, -0.1) is 0 Å². The number of amides is 2. The largest absolute Gasteiger partial charge is 0.417 e. The molecule has 260 valence electrons. The average Bonchev–Trinajstić information content (AvgIpc) is 2.94. The summed E-state index contributed by atoms with van der Waals surface area (Å²) in [5.74, 6) is -7.43. The number of benzene rings is 3. The van der Waals surface area contributed by atoms with Gasteiger partial charge in [-0.1, -0.05) is 26.8 Å². The number of carbonyl (C=O) groups is 2. The molecule has 1 aliphatic heterocycles. The summed E-state index contributed by atoms with van der Waals surface area (Å²) < 4.78 is 102. The van der Waals surface area contributed by atoms with Gasteiger partial charge in [-0.2, -0.15) is 13.2 Å². The molecule has 3 aromatic rings. The molecule has 0 saturated carbocycles. The Kier molecular flexibility index (Phi) is 10.3. The van der Waals surface area contributed by atoms with E-state index in [1.807, 2.05) is 39.6 Å². The monoisotopic (exact) mass is 680 g/mol. The predicted octanol–water partition coefficient (Wildman–Crippen LogP) is 8.27. The molecule has 1 atom stereocenters. The van der Waals surface area contributed by atoms with Gasteiger partial charge in [-0.25, -0.2) is 17.6 Å². The second-order valence-corrected chi connectivity index (χ2v) is 14.1. The number of likely N-dealkylation sites (N-methyl/N-ethyl adjacent to an activating group) is 1. The normalized spacial score (nSPS) is 16.2. The van der Waals surface area contributed by atoms with Gasteiger partial charge in [-0.05, 0) is 76.1 Å². The molecule has 0 radical (unpaired) electrons. The fraction of sp³-hybridized carbons (Fsp3) is 0.429. The molecule has 1 aliphatic rings. The van der Waals surface area contributed by atoms with E-state index < -0.39 is 74.6 Å². The van der Waals surface area contributed by atoms with E-state index in [-0.39, 0.29) is 28.9 Å². The first kappa shape index (κ1) is 36.7. The van der Waals surface area contributed by atoms with Crippen molar-refractivity contribution in [1.29, 1.82) is 0 Å². The van der Waals surface area contributed by atoms with Gasteiger partial charge in [0.05, 0.1) is 28.1 Å². The van der Waals surface area contributed by atoms with Gasteiger partial charge in [0.15, 0.2) is 11.6 Å². The molecular formula is C35H39F7N4O2. The lowest BCUT2D eigenvalue weighted by Gasteiger charge is -2.39. The van der Waals surface area contributed by atoms with Crippen molar-refractivity contribution in [1.82, 2.24) is 10.2 Å². The highest BCUT2D eigenvalue weighted by molar-refractivity contribution is 6.07. The molecule has 0 unspecified atom stereocenters. The van der Waals surface area contributed by atoms with Gasteiger partial charge in [0.25, 0.3) is 11.8 Å². The molecule has 13 heteroatoms. The number of anilines is 2. The minimum Gasteiger partial charge on any atom is -0.367 e. The highest BCUT2D eigenvalue weighted by atomic mass is 19.4. The summed E-state index contributed by atoms with van der Waals surface area (Å²) in [6.45, 7) is 12.5. The minimum atomic E-state index is -5.07. The van der Waals surface area contributed by atoms with Crippen LogP contribution in [0.15, 0.2) is 42.5 Å². The van der Waals surface area contributed by atoms with Crippen LogP contribution in [0.25, 0.3) is 11.1 Å². The van der Waals surface area contributed by atoms with Crippen molar-refractivity contribution >= 4 is 23.2 Å². The molecule has 2 amide bonds. The van der Waals surface area contributed by atoms with Crippen LogP contribution in [-0.4, -0.2) is 55.0 Å². The second kappa shape index (κ2) is 13.4. The number of alkyl halides is 3. The van der Waals surface area contributed by atoms with E-state index in [1.165, 1.54) is 0 Å². The van der Waals surface area contributed by atoms with Crippen molar-refractivity contribution < 1.29 is 40.3 Å². The summed E-state index contributed by atoms with van der Waals surface area (Å²) in [5.41, 5.74) is -5.16. The standard InChI is InChI=1S/C35H39F7N4O2/c1-19-17-46(13-12-45(19)7)28-16-26(37)24(15-27(28)43-31(47)22-9-8-20(36)14-25(22)35(40,41)42)21-10-11-23(30(39)29(21)38)32(48)44-34(5,6)18-33(2,3)4/h8-11,14-16,19H,12-13,17-18H2,1-7H3,(H,43,47)(H,44,48)/t19-/m0/s1. The van der Waals surface area contributed by atoms with Gasteiger partial charge in [0, 0.05) is 42.3 Å². The summed E-state index contributed by atoms with van der Waals surface area (Å²) in [5, 5.41) is 5.07. The number of hydrogen-bond donors (Lipinski definition) is 2. The topological polar surface area (TPSA) is 64.7 Å². The molecule has 1 heterocycles. The van der Waals surface area contributed by atoms with Crippen molar-refractivity contribution in [2.75, 3.05) is 36.9 Å². The third kappa shape index (κ3) is 8.29. The van der Waals surface area contributed by atoms with Crippen molar-refractivity contribution in [2.45, 2.75) is 65.7 Å². The Bertz CT molecular complexity index is 1720. The number of nitrogens with one attached hydrogen (secondary N) is 2. The molecule has 3 aromatic carbocycles. The summed E-state index contributed by atoms with van der Waals surface area (Å²) in [7, 11) is 1.88. The Morgan fingerprint density at radius 3 is 2.08 bits per heavy atom. The number of piperazine rings is 1. The Balaban J connectivity index is 1.78. The molecule has 6 nitrogen and oxygen atoms in total. The van der Waals surface area contributed by atoms with Gasteiger partial charge in [0.2, 0.25) is 0 Å². The Labute approximate surface area is 275 Å². The zero-order chi connectivity index (χ0) is 35.9. The fourth-order valence-corrected chi connectivity index (χ4v) is 6.21. The first-order valence-electron chi connectivity index (χ1n) is 15.4. The molecule has 0 spiro atoms. The molecule has 1 fully saturated rings. The molecule has 2 N–H and O–H groups in total. The SMILES string of the molecule is C[C@H]1CN(c2cc(F)c(-c3ccc(C(=O)NC(C)(C)CC(C)(C)C)c(F)c3F)cc2NC(=O)c2ccc(F)cc2C(F)(F)F)CCN1C. The van der Waals surface area contributed by atoms with Crippen LogP contribution < -0.4 is 15.5 Å². The summed E-state index contributed by atoms with van der Waals surface area (Å²) in [6.07, 6.45) is -4.55. The third-order valence-electron chi connectivity index (χ3n) is 8.21. The maximum Gasteiger partial charge on any atom is 0.417 e. The van der Waals surface area contributed by atoms with E-state index in [0.29, 0.717) is 38.2 Å². The number of halogens is 7. The van der Waals surface area contributed by atoms with Crippen LogP contribution in [0.2, 0.25) is 0 Å². The fourth-order valence-electron chi connectivity index (χ4n) is 6.21. The van der Waals surface area contributed by atoms with Crippen LogP contribution in [-0.2, 0) is 6.18 Å². The summed E-state index contributed by atoms with van der Waals surface area (Å²) in [6, 6.07) is 5.57. The molecular weight excluding hydrogens is 641 g/mol. The lowest BCUT2D eigenvalue weighted by atomic mass is 9.81. The predicted molar refractivity (Wildman–Crippen MR) is 171 cm³/mol. The highest BCUT2D eigenvalue weighted by Crippen LogP contribution is 2.39. The van der Waals surface area contributed by atoms with Crippen molar-refractivity contribution in [3.05, 3.63) is 82.4 Å². The molecule has 1 saturated heterocycles. The zero-order valence-corrected chi connectivity index (χ0v) is 27.8. The quantitative estimate of drug-likeness (QED) is 0.247. The van der Waals surface area contributed by atoms with E-state index in [1.54, 1.807) is 18.7 Å². The number of nitrogens with zero attached hydrogens (tertiary/aromatic N) is 2. The van der Waals surface area contributed by atoms with E-state index in [0.717, 1.165) is 24.3 Å².